The van der Waals surface area contributed by atoms with Gasteiger partial charge in [0, 0.05) is 10.3 Å². The number of carbonyl (C=O) groups is 1. The highest BCUT2D eigenvalue weighted by atomic mass is 32.1. The molecule has 0 radical (unpaired) electrons. The second-order valence-corrected chi connectivity index (χ2v) is 7.27. The number of nitrogens with zero attached hydrogens (tertiary/aromatic N) is 1. The van der Waals surface area contributed by atoms with Crippen molar-refractivity contribution in [3.05, 3.63) is 39.0 Å². The Morgan fingerprint density at radius 1 is 1.53 bits per heavy atom. The van der Waals surface area contributed by atoms with Crippen LogP contribution in [0.5, 0.6) is 0 Å². The molecule has 100 valence electrons. The molecule has 1 N–H and O–H groups in total. The predicted molar refractivity (Wildman–Crippen MR) is 78.4 cm³/mol. The van der Waals surface area contributed by atoms with E-state index < -0.39 is 0 Å². The summed E-state index contributed by atoms with van der Waals surface area (Å²) in [5.41, 5.74) is 2.43. The Morgan fingerprint density at radius 3 is 2.84 bits per heavy atom. The molecule has 0 aromatic carbocycles. The number of hydrogen-bond donors (Lipinski definition) is 1. The molecule has 1 saturated carbocycles. The Balaban J connectivity index is 1.77. The third kappa shape index (κ3) is 2.01. The van der Waals surface area contributed by atoms with Crippen molar-refractivity contribution < 1.29 is 4.79 Å². The summed E-state index contributed by atoms with van der Waals surface area (Å²) < 4.78 is 0. The molecule has 3 rings (SSSR count). The molecule has 0 spiro atoms. The van der Waals surface area contributed by atoms with E-state index in [1.807, 2.05) is 16.8 Å². The largest absolute Gasteiger partial charge is 0.350 e. The van der Waals surface area contributed by atoms with Crippen molar-refractivity contribution in [2.24, 2.45) is 5.41 Å². The van der Waals surface area contributed by atoms with E-state index in [2.05, 4.69) is 30.2 Å². The number of thiophene rings is 1. The second kappa shape index (κ2) is 4.42. The second-order valence-electron chi connectivity index (χ2n) is 5.61. The highest BCUT2D eigenvalue weighted by Crippen LogP contribution is 2.65. The van der Waals surface area contributed by atoms with Crippen LogP contribution in [0, 0.1) is 5.41 Å². The van der Waals surface area contributed by atoms with Crippen LogP contribution >= 0.6 is 22.7 Å². The van der Waals surface area contributed by atoms with Gasteiger partial charge < -0.3 is 5.32 Å². The number of rotatable bonds is 4. The van der Waals surface area contributed by atoms with Crippen LogP contribution in [-0.2, 0) is 16.8 Å². The minimum absolute atomic E-state index is 0.0456. The quantitative estimate of drug-likeness (QED) is 0.940. The summed E-state index contributed by atoms with van der Waals surface area (Å²) in [6, 6.07) is 4.09. The van der Waals surface area contributed by atoms with E-state index in [-0.39, 0.29) is 16.7 Å². The zero-order chi connectivity index (χ0) is 13.5. The molecule has 0 saturated heterocycles. The van der Waals surface area contributed by atoms with Crippen molar-refractivity contribution in [3.8, 4) is 0 Å². The fraction of sp³-hybridized carbons (Fsp3) is 0.429. The number of thiazole rings is 1. The molecule has 1 amide bonds. The average Bonchev–Trinajstić information content (AvgIpc) is 2.91. The van der Waals surface area contributed by atoms with Crippen molar-refractivity contribution >= 4 is 28.6 Å². The lowest BCUT2D eigenvalue weighted by molar-refractivity contribution is -0.124. The van der Waals surface area contributed by atoms with Gasteiger partial charge in [0.05, 0.1) is 23.2 Å². The van der Waals surface area contributed by atoms with Gasteiger partial charge in [0.1, 0.15) is 0 Å². The molecule has 1 atom stereocenters. The van der Waals surface area contributed by atoms with E-state index >= 15 is 0 Å². The van der Waals surface area contributed by atoms with Gasteiger partial charge in [-0.1, -0.05) is 19.9 Å². The van der Waals surface area contributed by atoms with Crippen LogP contribution in [0.25, 0.3) is 0 Å². The summed E-state index contributed by atoms with van der Waals surface area (Å²) >= 11 is 3.22. The molecule has 2 heterocycles. The fourth-order valence-corrected chi connectivity index (χ4v) is 4.37. The summed E-state index contributed by atoms with van der Waals surface area (Å²) in [5, 5.41) is 7.05. The third-order valence-electron chi connectivity index (χ3n) is 3.98. The van der Waals surface area contributed by atoms with Crippen LogP contribution in [0.4, 0.5) is 0 Å². The fourth-order valence-electron chi connectivity index (χ4n) is 2.71. The maximum absolute atomic E-state index is 12.6. The Hall–Kier alpha value is -1.20. The summed E-state index contributed by atoms with van der Waals surface area (Å²) in [4.78, 5) is 18.0. The maximum Gasteiger partial charge on any atom is 0.232 e. The zero-order valence-electron chi connectivity index (χ0n) is 11.0. The van der Waals surface area contributed by atoms with Crippen molar-refractivity contribution in [1.82, 2.24) is 10.3 Å². The van der Waals surface area contributed by atoms with E-state index in [9.17, 15) is 4.79 Å². The van der Waals surface area contributed by atoms with Crippen molar-refractivity contribution in [3.63, 3.8) is 0 Å². The van der Waals surface area contributed by atoms with Gasteiger partial charge in [0.25, 0.3) is 0 Å². The standard InChI is InChI=1S/C14H16N2OS2/c1-13(2)8-14(13,11-4-3-5-19-11)12(17)15-6-10-7-18-9-16-10/h3-5,7,9H,6,8H2,1-2H3,(H,15,17). The van der Waals surface area contributed by atoms with Gasteiger partial charge in [0.15, 0.2) is 0 Å². The van der Waals surface area contributed by atoms with E-state index in [4.69, 9.17) is 0 Å². The summed E-state index contributed by atoms with van der Waals surface area (Å²) in [6.07, 6.45) is 0.920. The predicted octanol–water partition coefficient (Wildman–Crippen LogP) is 3.19. The van der Waals surface area contributed by atoms with Gasteiger partial charge in [-0.15, -0.1) is 22.7 Å². The molecule has 2 aromatic rings. The molecule has 1 unspecified atom stereocenters. The zero-order valence-corrected chi connectivity index (χ0v) is 12.6. The Labute approximate surface area is 120 Å². The van der Waals surface area contributed by atoms with Crippen molar-refractivity contribution in [2.75, 3.05) is 0 Å². The molecule has 19 heavy (non-hydrogen) atoms. The molecule has 0 bridgehead atoms. The minimum atomic E-state index is -0.336. The number of amides is 1. The van der Waals surface area contributed by atoms with Crippen LogP contribution in [-0.4, -0.2) is 10.9 Å². The first-order chi connectivity index (χ1) is 9.06. The first-order valence-corrected chi connectivity index (χ1v) is 8.08. The van der Waals surface area contributed by atoms with Crippen LogP contribution in [0.15, 0.2) is 28.4 Å². The Morgan fingerprint density at radius 2 is 2.32 bits per heavy atom. The topological polar surface area (TPSA) is 42.0 Å². The molecule has 3 nitrogen and oxygen atoms in total. The van der Waals surface area contributed by atoms with E-state index in [1.54, 1.807) is 28.2 Å². The maximum atomic E-state index is 12.6. The molecule has 5 heteroatoms. The lowest BCUT2D eigenvalue weighted by Gasteiger charge is -2.18. The van der Waals surface area contributed by atoms with Crippen LogP contribution < -0.4 is 5.32 Å². The normalized spacial score (nSPS) is 24.1. The van der Waals surface area contributed by atoms with Gasteiger partial charge >= 0.3 is 0 Å². The van der Waals surface area contributed by atoms with Gasteiger partial charge in [0.2, 0.25) is 5.91 Å². The van der Waals surface area contributed by atoms with Gasteiger partial charge in [-0.3, -0.25) is 4.79 Å². The minimum Gasteiger partial charge on any atom is -0.350 e. The van der Waals surface area contributed by atoms with Crippen LogP contribution in [0.3, 0.4) is 0 Å². The van der Waals surface area contributed by atoms with E-state index in [1.165, 1.54) is 4.88 Å². The lowest BCUT2D eigenvalue weighted by Crippen LogP contribution is -2.36. The molecular formula is C14H16N2OS2. The van der Waals surface area contributed by atoms with E-state index in [0.717, 1.165) is 12.1 Å². The summed E-state index contributed by atoms with van der Waals surface area (Å²) in [6.45, 7) is 4.84. The van der Waals surface area contributed by atoms with Gasteiger partial charge in [-0.25, -0.2) is 4.98 Å². The number of carbonyl (C=O) groups excluding carboxylic acids is 1. The third-order valence-corrected chi connectivity index (χ3v) is 5.65. The highest BCUT2D eigenvalue weighted by molar-refractivity contribution is 7.10. The Kier molecular flexibility index (Phi) is 2.98. The average molecular weight is 292 g/mol. The molecule has 1 fully saturated rings. The van der Waals surface area contributed by atoms with Gasteiger partial charge in [-0.2, -0.15) is 0 Å². The van der Waals surface area contributed by atoms with Crippen molar-refractivity contribution in [2.45, 2.75) is 32.2 Å². The van der Waals surface area contributed by atoms with Crippen LogP contribution in [0.1, 0.15) is 30.8 Å². The Bertz CT molecular complexity index is 575. The number of aromatic nitrogens is 1. The SMILES string of the molecule is CC1(C)CC1(C(=O)NCc1cscn1)c1cccs1. The summed E-state index contributed by atoms with van der Waals surface area (Å²) in [7, 11) is 0. The number of nitrogens with one attached hydrogen (secondary N) is 1. The van der Waals surface area contributed by atoms with E-state index in [0.29, 0.717) is 6.54 Å². The first kappa shape index (κ1) is 12.8. The first-order valence-electron chi connectivity index (χ1n) is 6.26. The lowest BCUT2D eigenvalue weighted by atomic mass is 9.93. The molecule has 1 aliphatic carbocycles. The van der Waals surface area contributed by atoms with Crippen LogP contribution in [0.2, 0.25) is 0 Å². The van der Waals surface area contributed by atoms with Crippen molar-refractivity contribution in [1.29, 1.82) is 0 Å². The smallest absolute Gasteiger partial charge is 0.232 e. The van der Waals surface area contributed by atoms with Gasteiger partial charge in [-0.05, 0) is 23.3 Å². The molecular weight excluding hydrogens is 276 g/mol. The highest BCUT2D eigenvalue weighted by Gasteiger charge is 2.67. The number of hydrogen-bond acceptors (Lipinski definition) is 4. The molecule has 0 aliphatic heterocycles. The summed E-state index contributed by atoms with van der Waals surface area (Å²) in [5.74, 6) is 0.132. The monoisotopic (exact) mass is 292 g/mol. The molecule has 2 aromatic heterocycles. The molecule has 1 aliphatic rings.